The van der Waals surface area contributed by atoms with Gasteiger partial charge in [-0.05, 0) is 76.8 Å². The molecule has 222 valence electrons. The lowest BCUT2D eigenvalue weighted by atomic mass is 9.81. The molecule has 3 aliphatic heterocycles. The predicted octanol–water partition coefficient (Wildman–Crippen LogP) is 4.84. The monoisotopic (exact) mass is 600 g/mol. The van der Waals surface area contributed by atoms with Crippen LogP contribution in [0.25, 0.3) is 0 Å². The van der Waals surface area contributed by atoms with Crippen LogP contribution in [0, 0.1) is 31.6 Å². The van der Waals surface area contributed by atoms with Gasteiger partial charge in [0.25, 0.3) is 17.3 Å². The van der Waals surface area contributed by atoms with Crippen molar-refractivity contribution in [3.8, 4) is 11.5 Å². The second-order valence-corrected chi connectivity index (χ2v) is 13.9. The van der Waals surface area contributed by atoms with Crippen molar-refractivity contribution >= 4 is 29.3 Å². The van der Waals surface area contributed by atoms with Crippen molar-refractivity contribution in [2.45, 2.75) is 69.7 Å². The van der Waals surface area contributed by atoms with Crippen LogP contribution >= 0.6 is 23.4 Å². The van der Waals surface area contributed by atoms with Gasteiger partial charge in [-0.25, -0.2) is 0 Å². The lowest BCUT2D eigenvalue weighted by molar-refractivity contribution is -0.124. The zero-order chi connectivity index (χ0) is 29.1. The van der Waals surface area contributed by atoms with E-state index in [1.807, 2.05) is 33.1 Å². The zero-order valence-electron chi connectivity index (χ0n) is 24.6. The van der Waals surface area contributed by atoms with Gasteiger partial charge in [-0.15, -0.1) is 11.8 Å². The number of hydrogen-bond acceptors (Lipinski definition) is 7. The number of aromatic amines is 1. The maximum atomic E-state index is 13.3. The minimum Gasteiger partial charge on any atom is -0.448 e. The maximum absolute atomic E-state index is 13.3. The Hall–Kier alpha value is -2.20. The Balaban J connectivity index is 1.11. The highest BCUT2D eigenvalue weighted by atomic mass is 35.5. The molecule has 4 aliphatic rings. The molecule has 3 unspecified atom stereocenters. The lowest BCUT2D eigenvalue weighted by Gasteiger charge is -2.40. The van der Waals surface area contributed by atoms with Gasteiger partial charge in [0.1, 0.15) is 0 Å². The number of rotatable bonds is 6. The van der Waals surface area contributed by atoms with Gasteiger partial charge >= 0.3 is 0 Å². The largest absolute Gasteiger partial charge is 0.448 e. The molecule has 0 bridgehead atoms. The number of likely N-dealkylation sites (tertiary alicyclic amines) is 2. The van der Waals surface area contributed by atoms with Crippen molar-refractivity contribution in [3.05, 3.63) is 49.9 Å². The molecule has 10 heteroatoms. The number of aromatic nitrogens is 1. The standard InChI is InChI=1S/C31H41ClN4O4S/c1-17-10-26(41-5)24(30(38)34-17)12-33-29(37)23-11-25(32)28-27(18(23)2)39-31(3,40-28)21-6-8-22(9-7-21)36-15-19-13-35(4)14-20(19)16-36/h10-11,19-22H,6-9,12-16H2,1-5H3,(H,33,37)(H,34,38). The summed E-state index contributed by atoms with van der Waals surface area (Å²) in [4.78, 5) is 34.7. The molecule has 1 aromatic carbocycles. The summed E-state index contributed by atoms with van der Waals surface area (Å²) in [7, 11) is 2.24. The molecule has 4 heterocycles. The van der Waals surface area contributed by atoms with E-state index in [2.05, 4.69) is 27.1 Å². The third-order valence-electron chi connectivity index (χ3n) is 9.82. The topological polar surface area (TPSA) is 86.9 Å². The van der Waals surface area contributed by atoms with E-state index in [4.69, 9.17) is 21.1 Å². The van der Waals surface area contributed by atoms with Crippen LogP contribution in [-0.4, -0.2) is 72.0 Å². The Kier molecular flexibility index (Phi) is 7.85. The lowest BCUT2D eigenvalue weighted by Crippen LogP contribution is -2.47. The quantitative estimate of drug-likeness (QED) is 0.459. The maximum Gasteiger partial charge on any atom is 0.254 e. The number of hydrogen-bond donors (Lipinski definition) is 2. The van der Waals surface area contributed by atoms with Crippen LogP contribution in [0.4, 0.5) is 0 Å². The minimum atomic E-state index is -0.816. The van der Waals surface area contributed by atoms with E-state index in [0.717, 1.165) is 48.1 Å². The molecule has 0 spiro atoms. The summed E-state index contributed by atoms with van der Waals surface area (Å²) >= 11 is 8.16. The van der Waals surface area contributed by atoms with Crippen molar-refractivity contribution in [1.82, 2.24) is 20.1 Å². The van der Waals surface area contributed by atoms with Crippen molar-refractivity contribution in [1.29, 1.82) is 0 Å². The first kappa shape index (κ1) is 28.9. The highest BCUT2D eigenvalue weighted by molar-refractivity contribution is 7.98. The first-order chi connectivity index (χ1) is 19.6. The smallest absolute Gasteiger partial charge is 0.254 e. The van der Waals surface area contributed by atoms with Gasteiger partial charge < -0.3 is 24.7 Å². The molecule has 1 saturated carbocycles. The van der Waals surface area contributed by atoms with Gasteiger partial charge in [0, 0.05) is 78.9 Å². The van der Waals surface area contributed by atoms with E-state index < -0.39 is 5.79 Å². The number of carbonyl (C=O) groups is 1. The number of nitrogens with zero attached hydrogens (tertiary/aromatic N) is 2. The van der Waals surface area contributed by atoms with E-state index in [1.165, 1.54) is 37.9 Å². The van der Waals surface area contributed by atoms with Crippen LogP contribution in [0.3, 0.4) is 0 Å². The molecule has 2 N–H and O–H groups in total. The predicted molar refractivity (Wildman–Crippen MR) is 162 cm³/mol. The fourth-order valence-corrected chi connectivity index (χ4v) is 8.51. The van der Waals surface area contributed by atoms with E-state index in [9.17, 15) is 9.59 Å². The number of aryl methyl sites for hydroxylation is 1. The molecular formula is C31H41ClN4O4S. The van der Waals surface area contributed by atoms with Crippen molar-refractivity contribution in [2.24, 2.45) is 17.8 Å². The number of carbonyl (C=O) groups excluding carboxylic acids is 1. The summed E-state index contributed by atoms with van der Waals surface area (Å²) < 4.78 is 13.0. The Morgan fingerprint density at radius 1 is 1.10 bits per heavy atom. The second-order valence-electron chi connectivity index (χ2n) is 12.6. The summed E-state index contributed by atoms with van der Waals surface area (Å²) in [5.41, 5.74) is 2.24. The SMILES string of the molecule is CSc1cc(C)[nH]c(=O)c1CNC(=O)c1cc(Cl)c2c(c1C)OC(C)(C1CCC(N3CC4CN(C)CC4C3)CC1)O2. The number of amides is 1. The van der Waals surface area contributed by atoms with E-state index in [1.54, 1.807) is 6.07 Å². The Labute approximate surface area is 251 Å². The average molecular weight is 601 g/mol. The molecular weight excluding hydrogens is 560 g/mol. The number of benzene rings is 1. The van der Waals surface area contributed by atoms with Gasteiger partial charge in [-0.1, -0.05) is 11.6 Å². The molecule has 41 heavy (non-hydrogen) atoms. The highest BCUT2D eigenvalue weighted by Gasteiger charge is 2.49. The number of ether oxygens (including phenoxy) is 2. The van der Waals surface area contributed by atoms with E-state index in [-0.39, 0.29) is 23.9 Å². The summed E-state index contributed by atoms with van der Waals surface area (Å²) in [6, 6.07) is 4.20. The number of halogens is 1. The molecule has 1 amide bonds. The number of nitrogens with one attached hydrogen (secondary N) is 2. The molecule has 6 rings (SSSR count). The van der Waals surface area contributed by atoms with Crippen molar-refractivity contribution in [3.63, 3.8) is 0 Å². The van der Waals surface area contributed by atoms with Crippen molar-refractivity contribution < 1.29 is 14.3 Å². The van der Waals surface area contributed by atoms with Gasteiger partial charge in [0.05, 0.1) is 5.02 Å². The summed E-state index contributed by atoms with van der Waals surface area (Å²) in [6.07, 6.45) is 6.28. The Morgan fingerprint density at radius 3 is 2.41 bits per heavy atom. The minimum absolute atomic E-state index is 0.117. The average Bonchev–Trinajstić information content (AvgIpc) is 3.61. The van der Waals surface area contributed by atoms with Gasteiger partial charge in [0.15, 0.2) is 11.5 Å². The molecule has 3 atom stereocenters. The number of pyridine rings is 1. The van der Waals surface area contributed by atoms with Crippen LogP contribution in [0.5, 0.6) is 11.5 Å². The third-order valence-corrected chi connectivity index (χ3v) is 10.9. The highest BCUT2D eigenvalue weighted by Crippen LogP contribution is 2.52. The first-order valence-corrected chi connectivity index (χ1v) is 16.3. The van der Waals surface area contributed by atoms with Crippen LogP contribution in [0.1, 0.15) is 59.8 Å². The molecule has 3 fully saturated rings. The van der Waals surface area contributed by atoms with Crippen LogP contribution < -0.4 is 20.3 Å². The van der Waals surface area contributed by atoms with E-state index in [0.29, 0.717) is 39.3 Å². The normalized spacial score (nSPS) is 29.6. The summed E-state index contributed by atoms with van der Waals surface area (Å²) in [5.74, 6) is 1.83. The van der Waals surface area contributed by atoms with E-state index >= 15 is 0 Å². The summed E-state index contributed by atoms with van der Waals surface area (Å²) in [6.45, 7) is 10.8. The Bertz CT molecular complexity index is 1390. The Morgan fingerprint density at radius 2 is 1.76 bits per heavy atom. The molecule has 2 aromatic rings. The van der Waals surface area contributed by atoms with Gasteiger partial charge in [-0.2, -0.15) is 0 Å². The van der Waals surface area contributed by atoms with Crippen LogP contribution in [-0.2, 0) is 6.54 Å². The first-order valence-electron chi connectivity index (χ1n) is 14.7. The number of H-pyrrole nitrogens is 1. The fraction of sp³-hybridized carbons (Fsp3) is 0.613. The van der Waals surface area contributed by atoms with Crippen LogP contribution in [0.15, 0.2) is 21.8 Å². The van der Waals surface area contributed by atoms with Gasteiger partial charge in [-0.3, -0.25) is 14.5 Å². The van der Waals surface area contributed by atoms with Crippen LogP contribution in [0.2, 0.25) is 5.02 Å². The number of fused-ring (bicyclic) bond motifs is 2. The summed E-state index contributed by atoms with van der Waals surface area (Å²) in [5, 5.41) is 3.27. The molecule has 8 nitrogen and oxygen atoms in total. The molecule has 0 radical (unpaired) electrons. The van der Waals surface area contributed by atoms with Crippen molar-refractivity contribution in [2.75, 3.05) is 39.5 Å². The zero-order valence-corrected chi connectivity index (χ0v) is 26.2. The number of thioether (sulfide) groups is 1. The fourth-order valence-electron chi connectivity index (χ4n) is 7.58. The second kappa shape index (κ2) is 11.1. The molecule has 1 aliphatic carbocycles. The van der Waals surface area contributed by atoms with Gasteiger partial charge in [0.2, 0.25) is 0 Å². The molecule has 1 aromatic heterocycles. The molecule has 2 saturated heterocycles. The third kappa shape index (κ3) is 5.39.